The second kappa shape index (κ2) is 5.67. The molecule has 1 heterocycles. The molecule has 0 saturated carbocycles. The fourth-order valence-corrected chi connectivity index (χ4v) is 4.38. The monoisotopic (exact) mass is 300 g/mol. The Morgan fingerprint density at radius 2 is 2.33 bits per heavy atom. The van der Waals surface area contributed by atoms with E-state index < -0.39 is 0 Å². The molecule has 0 aliphatic carbocycles. The molecule has 0 bridgehead atoms. The predicted molar refractivity (Wildman–Crippen MR) is 65.2 cm³/mol. The maximum atomic E-state index is 5.63. The molecule has 1 rings (SSSR count). The molecule has 12 heavy (non-hydrogen) atoms. The maximum Gasteiger partial charge on any atom is 0.0304 e. The molecule has 1 aliphatic heterocycles. The zero-order valence-electron chi connectivity index (χ0n) is 7.31. The van der Waals surface area contributed by atoms with Crippen molar-refractivity contribution in [3.05, 3.63) is 0 Å². The van der Waals surface area contributed by atoms with Crippen molar-refractivity contribution in [2.75, 3.05) is 29.8 Å². The zero-order valence-corrected chi connectivity index (χ0v) is 10.3. The normalized spacial score (nSPS) is 30.5. The smallest absolute Gasteiger partial charge is 0.0304 e. The highest BCUT2D eigenvalue weighted by atomic mass is 127. The average Bonchev–Trinajstić information content (AvgIpc) is 2.07. The summed E-state index contributed by atoms with van der Waals surface area (Å²) in [6.45, 7) is 3.14. The molecule has 0 aromatic carbocycles. The molecule has 4 heteroatoms. The van der Waals surface area contributed by atoms with E-state index in [4.69, 9.17) is 5.73 Å². The SMILES string of the molecule is NCCC1(CCI)CNCCS1. The third kappa shape index (κ3) is 3.05. The summed E-state index contributed by atoms with van der Waals surface area (Å²) in [5.41, 5.74) is 5.63. The molecular weight excluding hydrogens is 283 g/mol. The minimum absolute atomic E-state index is 0.453. The fraction of sp³-hybridized carbons (Fsp3) is 1.00. The first-order chi connectivity index (χ1) is 5.83. The minimum atomic E-state index is 0.453. The quantitative estimate of drug-likeness (QED) is 0.606. The van der Waals surface area contributed by atoms with Gasteiger partial charge in [-0.2, -0.15) is 11.8 Å². The van der Waals surface area contributed by atoms with Crippen LogP contribution >= 0.6 is 34.4 Å². The van der Waals surface area contributed by atoms with Gasteiger partial charge < -0.3 is 11.1 Å². The summed E-state index contributed by atoms with van der Waals surface area (Å²) in [6, 6.07) is 0. The summed E-state index contributed by atoms with van der Waals surface area (Å²) < 4.78 is 1.70. The lowest BCUT2D eigenvalue weighted by atomic mass is 10.0. The molecule has 1 aliphatic rings. The highest BCUT2D eigenvalue weighted by Gasteiger charge is 2.30. The van der Waals surface area contributed by atoms with E-state index in [1.807, 2.05) is 0 Å². The third-order valence-electron chi connectivity index (χ3n) is 2.28. The van der Waals surface area contributed by atoms with Crippen molar-refractivity contribution in [3.8, 4) is 0 Å². The molecule has 0 spiro atoms. The first-order valence-corrected chi connectivity index (χ1v) is 6.95. The Labute approximate surface area is 92.6 Å². The molecule has 2 nitrogen and oxygen atoms in total. The summed E-state index contributed by atoms with van der Waals surface area (Å²) in [7, 11) is 0. The summed E-state index contributed by atoms with van der Waals surface area (Å²) in [5.74, 6) is 1.25. The van der Waals surface area contributed by atoms with Gasteiger partial charge in [-0.25, -0.2) is 0 Å². The molecule has 0 amide bonds. The number of nitrogens with two attached hydrogens (primary N) is 1. The maximum absolute atomic E-state index is 5.63. The molecule has 1 unspecified atom stereocenters. The van der Waals surface area contributed by atoms with Crippen LogP contribution in [0.4, 0.5) is 0 Å². The fourth-order valence-electron chi connectivity index (χ4n) is 1.59. The van der Waals surface area contributed by atoms with E-state index in [2.05, 4.69) is 39.7 Å². The van der Waals surface area contributed by atoms with Gasteiger partial charge in [0, 0.05) is 28.0 Å². The number of hydrogen-bond donors (Lipinski definition) is 2. The van der Waals surface area contributed by atoms with Crippen LogP contribution < -0.4 is 11.1 Å². The van der Waals surface area contributed by atoms with Crippen LogP contribution in [0.3, 0.4) is 0 Å². The predicted octanol–water partition coefficient (Wildman–Crippen LogP) is 1.24. The van der Waals surface area contributed by atoms with Crippen molar-refractivity contribution in [1.29, 1.82) is 0 Å². The number of alkyl halides is 1. The number of nitrogens with one attached hydrogen (secondary N) is 1. The van der Waals surface area contributed by atoms with Crippen LogP contribution in [0.1, 0.15) is 12.8 Å². The van der Waals surface area contributed by atoms with E-state index in [-0.39, 0.29) is 0 Å². The first kappa shape index (κ1) is 11.1. The Kier molecular flexibility index (Phi) is 5.24. The van der Waals surface area contributed by atoms with Gasteiger partial charge in [0.1, 0.15) is 0 Å². The Hall–Kier alpha value is 1.000. The molecule has 0 aromatic heterocycles. The van der Waals surface area contributed by atoms with Gasteiger partial charge in [-0.1, -0.05) is 22.6 Å². The van der Waals surface area contributed by atoms with Gasteiger partial charge in [0.05, 0.1) is 0 Å². The van der Waals surface area contributed by atoms with Crippen molar-refractivity contribution in [2.45, 2.75) is 17.6 Å². The van der Waals surface area contributed by atoms with Crippen molar-refractivity contribution in [1.82, 2.24) is 5.32 Å². The van der Waals surface area contributed by atoms with Crippen LogP contribution in [0.15, 0.2) is 0 Å². The van der Waals surface area contributed by atoms with Crippen LogP contribution in [-0.4, -0.2) is 34.6 Å². The number of thioether (sulfide) groups is 1. The first-order valence-electron chi connectivity index (χ1n) is 4.44. The lowest BCUT2D eigenvalue weighted by molar-refractivity contribution is 0.482. The molecule has 1 saturated heterocycles. The lowest BCUT2D eigenvalue weighted by Gasteiger charge is -2.36. The molecule has 1 fully saturated rings. The van der Waals surface area contributed by atoms with Gasteiger partial charge in [0.25, 0.3) is 0 Å². The topological polar surface area (TPSA) is 38.0 Å². The van der Waals surface area contributed by atoms with Crippen molar-refractivity contribution in [3.63, 3.8) is 0 Å². The lowest BCUT2D eigenvalue weighted by Crippen LogP contribution is -2.45. The van der Waals surface area contributed by atoms with E-state index >= 15 is 0 Å². The second-order valence-corrected chi connectivity index (χ2v) is 5.83. The van der Waals surface area contributed by atoms with Crippen LogP contribution in [0.2, 0.25) is 0 Å². The van der Waals surface area contributed by atoms with Gasteiger partial charge in [-0.3, -0.25) is 0 Å². The molecule has 72 valence electrons. The van der Waals surface area contributed by atoms with Crippen LogP contribution in [0, 0.1) is 0 Å². The minimum Gasteiger partial charge on any atom is -0.330 e. The van der Waals surface area contributed by atoms with E-state index in [1.54, 1.807) is 0 Å². The van der Waals surface area contributed by atoms with Crippen molar-refractivity contribution >= 4 is 34.4 Å². The molecule has 0 radical (unpaired) electrons. The number of hydrogen-bond acceptors (Lipinski definition) is 3. The van der Waals surface area contributed by atoms with Gasteiger partial charge in [-0.15, -0.1) is 0 Å². The summed E-state index contributed by atoms with van der Waals surface area (Å²) in [5, 5.41) is 3.47. The van der Waals surface area contributed by atoms with Crippen LogP contribution in [0.5, 0.6) is 0 Å². The van der Waals surface area contributed by atoms with Crippen molar-refractivity contribution < 1.29 is 0 Å². The second-order valence-electron chi connectivity index (χ2n) is 3.19. The van der Waals surface area contributed by atoms with Crippen molar-refractivity contribution in [2.24, 2.45) is 5.73 Å². The Morgan fingerprint density at radius 3 is 2.83 bits per heavy atom. The average molecular weight is 300 g/mol. The largest absolute Gasteiger partial charge is 0.330 e. The molecule has 3 N–H and O–H groups in total. The van der Waals surface area contributed by atoms with E-state index in [1.165, 1.54) is 16.6 Å². The Morgan fingerprint density at radius 1 is 1.50 bits per heavy atom. The van der Waals surface area contributed by atoms with E-state index in [0.29, 0.717) is 4.75 Å². The Bertz CT molecular complexity index is 111. The van der Waals surface area contributed by atoms with Crippen LogP contribution in [-0.2, 0) is 0 Å². The summed E-state index contributed by atoms with van der Waals surface area (Å²) in [6.07, 6.45) is 2.45. The van der Waals surface area contributed by atoms with Gasteiger partial charge in [-0.05, 0) is 19.4 Å². The van der Waals surface area contributed by atoms with Gasteiger partial charge in [0.2, 0.25) is 0 Å². The number of rotatable bonds is 4. The van der Waals surface area contributed by atoms with Gasteiger partial charge >= 0.3 is 0 Å². The third-order valence-corrected chi connectivity index (χ3v) is 4.40. The van der Waals surface area contributed by atoms with Crippen LogP contribution in [0.25, 0.3) is 0 Å². The standard InChI is InChI=1S/C8H17IN2S/c9-3-1-8(2-4-10)7-11-5-6-12-8/h11H,1-7,10H2. The highest BCUT2D eigenvalue weighted by molar-refractivity contribution is 14.1. The zero-order chi connectivity index (χ0) is 8.86. The molecule has 0 aromatic rings. The summed E-state index contributed by atoms with van der Waals surface area (Å²) in [4.78, 5) is 0. The highest BCUT2D eigenvalue weighted by Crippen LogP contribution is 2.34. The summed E-state index contributed by atoms with van der Waals surface area (Å²) >= 11 is 4.57. The van der Waals surface area contributed by atoms with E-state index in [9.17, 15) is 0 Å². The molecule has 1 atom stereocenters. The van der Waals surface area contributed by atoms with E-state index in [0.717, 1.165) is 26.1 Å². The number of halogens is 1. The molecular formula is C8H17IN2S. The Balaban J connectivity index is 2.44. The van der Waals surface area contributed by atoms with Gasteiger partial charge in [0.15, 0.2) is 0 Å².